The van der Waals surface area contributed by atoms with E-state index in [0.29, 0.717) is 10.8 Å². The van der Waals surface area contributed by atoms with Crippen molar-refractivity contribution in [1.29, 1.82) is 10.8 Å². The van der Waals surface area contributed by atoms with Crippen LogP contribution in [0.1, 0.15) is 0 Å². The summed E-state index contributed by atoms with van der Waals surface area (Å²) in [6.07, 6.45) is 0. The number of sulfone groups is 1. The van der Waals surface area contributed by atoms with Crippen LogP contribution < -0.4 is 0 Å². The van der Waals surface area contributed by atoms with Gasteiger partial charge in [0.25, 0.3) is 0 Å². The highest BCUT2D eigenvalue weighted by molar-refractivity contribution is 7.97. The van der Waals surface area contributed by atoms with E-state index in [-0.39, 0.29) is 0 Å². The zero-order valence-corrected chi connectivity index (χ0v) is 5.20. The maximum atomic E-state index is 10.4. The van der Waals surface area contributed by atoms with Gasteiger partial charge in [0.05, 0.1) is 10.8 Å². The molecular formula is C4H4N2O2S. The lowest BCUT2D eigenvalue weighted by atomic mass is 11.2. The molecule has 0 spiro atoms. The summed E-state index contributed by atoms with van der Waals surface area (Å²) in [4.78, 5) is 0. The van der Waals surface area contributed by atoms with Gasteiger partial charge in [-0.1, -0.05) is 0 Å². The Morgan fingerprint density at radius 1 is 1.11 bits per heavy atom. The normalized spacial score (nSPS) is 8.89. The minimum atomic E-state index is -3.53. The third-order valence-electron chi connectivity index (χ3n) is 0.446. The molecule has 0 fully saturated rings. The molecule has 0 radical (unpaired) electrons. The van der Waals surface area contributed by atoms with Gasteiger partial charge in [0.1, 0.15) is 0 Å². The molecule has 2 N–H and O–H groups in total. The van der Waals surface area contributed by atoms with Crippen molar-refractivity contribution in [3.8, 4) is 0 Å². The van der Waals surface area contributed by atoms with Crippen LogP contribution in [0, 0.1) is 10.8 Å². The molecule has 0 aromatic rings. The number of rotatable bonds is 2. The molecule has 0 aliphatic rings. The molecule has 5 heteroatoms. The highest BCUT2D eigenvalue weighted by Gasteiger charge is 1.95. The molecule has 0 amide bonds. The summed E-state index contributed by atoms with van der Waals surface area (Å²) < 4.78 is 20.7. The average Bonchev–Trinajstić information content (AvgIpc) is 1.64. The molecule has 0 saturated heterocycles. The van der Waals surface area contributed by atoms with Crippen molar-refractivity contribution in [2.45, 2.75) is 0 Å². The van der Waals surface area contributed by atoms with Crippen LogP contribution in [0.3, 0.4) is 0 Å². The van der Waals surface area contributed by atoms with Gasteiger partial charge >= 0.3 is 0 Å². The van der Waals surface area contributed by atoms with E-state index in [4.69, 9.17) is 10.8 Å². The summed E-state index contributed by atoms with van der Waals surface area (Å²) in [5, 5.41) is 13.6. The average molecular weight is 144 g/mol. The van der Waals surface area contributed by atoms with Gasteiger partial charge in [-0.3, -0.25) is 10.8 Å². The first-order valence-electron chi connectivity index (χ1n) is 1.88. The van der Waals surface area contributed by atoms with Crippen molar-refractivity contribution < 1.29 is 8.42 Å². The van der Waals surface area contributed by atoms with Gasteiger partial charge in [0.2, 0.25) is 9.84 Å². The zero-order valence-electron chi connectivity index (χ0n) is 4.38. The Morgan fingerprint density at radius 2 is 1.44 bits per heavy atom. The number of hydrogen-bond acceptors (Lipinski definition) is 4. The van der Waals surface area contributed by atoms with E-state index in [2.05, 4.69) is 0 Å². The third-order valence-corrected chi connectivity index (χ3v) is 1.34. The fraction of sp³-hybridized carbons (Fsp3) is 0. The Hall–Kier alpha value is -1.15. The first-order valence-corrected chi connectivity index (χ1v) is 3.49. The van der Waals surface area contributed by atoms with Crippen LogP contribution in [0.4, 0.5) is 0 Å². The highest BCUT2D eigenvalue weighted by atomic mass is 32.2. The van der Waals surface area contributed by atoms with Gasteiger partial charge in [0.15, 0.2) is 0 Å². The van der Waals surface area contributed by atoms with Gasteiger partial charge in [-0.15, -0.1) is 0 Å². The van der Waals surface area contributed by atoms with E-state index in [1.165, 1.54) is 0 Å². The van der Waals surface area contributed by atoms with Crippen LogP contribution in [-0.2, 0) is 9.84 Å². The molecule has 0 unspecified atom stereocenters. The smallest absolute Gasteiger partial charge is 0.210 e. The lowest BCUT2D eigenvalue weighted by Crippen LogP contribution is -1.87. The minimum Gasteiger partial charge on any atom is -0.258 e. The van der Waals surface area contributed by atoms with Gasteiger partial charge in [0, 0.05) is 0 Å². The fourth-order valence-electron chi connectivity index (χ4n) is 0.198. The van der Waals surface area contributed by atoms with E-state index in [0.717, 1.165) is 0 Å². The van der Waals surface area contributed by atoms with E-state index >= 15 is 0 Å². The molecule has 0 aromatic carbocycles. The van der Waals surface area contributed by atoms with Crippen molar-refractivity contribution in [3.63, 3.8) is 0 Å². The van der Waals surface area contributed by atoms with Gasteiger partial charge in [-0.25, -0.2) is 8.42 Å². The Balaban J connectivity index is 4.84. The highest BCUT2D eigenvalue weighted by Crippen LogP contribution is 1.86. The summed E-state index contributed by atoms with van der Waals surface area (Å²) in [6, 6.07) is 0. The van der Waals surface area contributed by atoms with Gasteiger partial charge in [-0.05, 0) is 11.7 Å². The topological polar surface area (TPSA) is 81.8 Å². The summed E-state index contributed by atoms with van der Waals surface area (Å²) in [6.45, 7) is 0. The summed E-state index contributed by atoms with van der Waals surface area (Å²) in [5.74, 6) is 3.15. The Bertz CT molecular complexity index is 254. The molecule has 0 aliphatic carbocycles. The van der Waals surface area contributed by atoms with Crippen molar-refractivity contribution in [3.05, 3.63) is 10.8 Å². The summed E-state index contributed by atoms with van der Waals surface area (Å²) >= 11 is 0. The van der Waals surface area contributed by atoms with E-state index in [9.17, 15) is 8.42 Å². The predicted octanol–water partition coefficient (Wildman–Crippen LogP) is -0.0745. The van der Waals surface area contributed by atoms with Gasteiger partial charge in [-0.2, -0.15) is 0 Å². The molecule has 0 saturated carbocycles. The van der Waals surface area contributed by atoms with E-state index in [1.807, 2.05) is 0 Å². The fourth-order valence-corrected chi connectivity index (χ4v) is 0.595. The summed E-state index contributed by atoms with van der Waals surface area (Å²) in [5.41, 5.74) is 0. The third kappa shape index (κ3) is 3.43. The Kier molecular flexibility index (Phi) is 2.61. The van der Waals surface area contributed by atoms with Crippen LogP contribution in [0.15, 0.2) is 10.8 Å². The van der Waals surface area contributed by atoms with Crippen LogP contribution in [0.25, 0.3) is 0 Å². The maximum Gasteiger partial charge on any atom is 0.210 e. The van der Waals surface area contributed by atoms with E-state index < -0.39 is 9.84 Å². The van der Waals surface area contributed by atoms with Crippen molar-refractivity contribution in [2.24, 2.45) is 0 Å². The molecule has 0 aromatic heterocycles. The van der Waals surface area contributed by atoms with Crippen molar-refractivity contribution in [2.75, 3.05) is 0 Å². The lowest BCUT2D eigenvalue weighted by molar-refractivity contribution is 0.613. The van der Waals surface area contributed by atoms with Crippen LogP contribution >= 0.6 is 0 Å². The lowest BCUT2D eigenvalue weighted by Gasteiger charge is -1.76. The molecule has 0 atom stereocenters. The first kappa shape index (κ1) is 7.85. The molecular weight excluding hydrogens is 140 g/mol. The molecule has 4 nitrogen and oxygen atoms in total. The van der Waals surface area contributed by atoms with Crippen LogP contribution in [0.2, 0.25) is 0 Å². The van der Waals surface area contributed by atoms with Crippen LogP contribution in [0.5, 0.6) is 0 Å². The zero-order chi connectivity index (χ0) is 7.33. The Morgan fingerprint density at radius 3 is 1.67 bits per heavy atom. The second-order valence-electron chi connectivity index (χ2n) is 1.11. The molecule has 0 heterocycles. The Labute approximate surface area is 52.5 Å². The second-order valence-corrected chi connectivity index (χ2v) is 2.76. The quantitative estimate of drug-likeness (QED) is 0.531. The van der Waals surface area contributed by atoms with Crippen molar-refractivity contribution in [1.82, 2.24) is 0 Å². The molecule has 48 valence electrons. The van der Waals surface area contributed by atoms with E-state index in [1.54, 1.807) is 11.7 Å². The molecule has 9 heavy (non-hydrogen) atoms. The first-order chi connectivity index (χ1) is 4.12. The predicted molar refractivity (Wildman–Crippen MR) is 33.5 cm³/mol. The van der Waals surface area contributed by atoms with Crippen LogP contribution in [-0.4, -0.2) is 20.2 Å². The second kappa shape index (κ2) is 2.99. The molecule has 0 aliphatic heterocycles. The largest absolute Gasteiger partial charge is 0.258 e. The number of nitrogens with one attached hydrogen (secondary N) is 2. The number of hydrogen-bond donors (Lipinski definition) is 2. The summed E-state index contributed by atoms with van der Waals surface area (Å²) in [7, 11) is -3.53. The molecule has 0 bridgehead atoms. The standard InChI is InChI=1S/C4H4N2O2S/c5-1-3-9(7,8)4-2-6/h3-6H. The maximum absolute atomic E-state index is 10.4. The SMILES string of the molecule is N=C=CS(=O)(=O)C=C=N. The monoisotopic (exact) mass is 144 g/mol. The van der Waals surface area contributed by atoms with Crippen molar-refractivity contribution >= 4 is 21.6 Å². The van der Waals surface area contributed by atoms with Gasteiger partial charge < -0.3 is 0 Å². The minimum absolute atomic E-state index is 0.550. The molecule has 0 rings (SSSR count).